The van der Waals surface area contributed by atoms with Gasteiger partial charge < -0.3 is 4.74 Å². The van der Waals surface area contributed by atoms with Gasteiger partial charge in [-0.2, -0.15) is 0 Å². The molecule has 0 saturated heterocycles. The maximum absolute atomic E-state index is 6.23. The molecule has 5 heteroatoms. The molecule has 21 heavy (non-hydrogen) atoms. The van der Waals surface area contributed by atoms with Crippen LogP contribution in [0.25, 0.3) is 11.3 Å². The molecule has 0 amide bonds. The fourth-order valence-corrected chi connectivity index (χ4v) is 2.11. The smallest absolute Gasteiger partial charge is 0.138 e. The number of nitrogens with zero attached hydrogens (tertiary/aromatic N) is 3. The molecular weight excluding hydrogens is 286 g/mol. The molecular formula is C16H20ClN3O. The van der Waals surface area contributed by atoms with Crippen molar-refractivity contribution in [3.05, 3.63) is 35.0 Å². The van der Waals surface area contributed by atoms with Gasteiger partial charge in [0.15, 0.2) is 0 Å². The molecule has 0 unspecified atom stereocenters. The van der Waals surface area contributed by atoms with Crippen LogP contribution in [0.4, 0.5) is 0 Å². The lowest BCUT2D eigenvalue weighted by molar-refractivity contribution is 0.241. The fraction of sp³-hybridized carbons (Fsp3) is 0.438. The predicted octanol–water partition coefficient (Wildman–Crippen LogP) is 4.41. The van der Waals surface area contributed by atoms with E-state index in [4.69, 9.17) is 16.3 Å². The lowest BCUT2D eigenvalue weighted by Crippen LogP contribution is -2.06. The van der Waals surface area contributed by atoms with Crippen molar-refractivity contribution in [2.75, 3.05) is 0 Å². The van der Waals surface area contributed by atoms with Gasteiger partial charge in [0.05, 0.1) is 18.0 Å². The minimum absolute atomic E-state index is 0.100. The Kier molecular flexibility index (Phi) is 4.78. The van der Waals surface area contributed by atoms with E-state index in [1.54, 1.807) is 12.4 Å². The minimum atomic E-state index is 0.100. The van der Waals surface area contributed by atoms with E-state index in [0.29, 0.717) is 5.15 Å². The zero-order valence-electron chi connectivity index (χ0n) is 13.0. The first-order chi connectivity index (χ1) is 9.88. The van der Waals surface area contributed by atoms with Crippen molar-refractivity contribution in [3.63, 3.8) is 0 Å². The van der Waals surface area contributed by atoms with Gasteiger partial charge in [-0.15, -0.1) is 0 Å². The summed E-state index contributed by atoms with van der Waals surface area (Å²) in [7, 11) is 0. The molecule has 0 aliphatic carbocycles. The monoisotopic (exact) mass is 305 g/mol. The molecule has 2 aromatic rings. The van der Waals surface area contributed by atoms with Crippen molar-refractivity contribution in [2.24, 2.45) is 0 Å². The third-order valence-corrected chi connectivity index (χ3v) is 3.35. The molecule has 4 nitrogen and oxygen atoms in total. The molecule has 2 rings (SSSR count). The highest BCUT2D eigenvalue weighted by molar-refractivity contribution is 6.30. The summed E-state index contributed by atoms with van der Waals surface area (Å²) < 4.78 is 5.69. The number of hydrogen-bond acceptors (Lipinski definition) is 4. The predicted molar refractivity (Wildman–Crippen MR) is 84.9 cm³/mol. The molecule has 0 bridgehead atoms. The van der Waals surface area contributed by atoms with Crippen LogP contribution in [0.15, 0.2) is 18.5 Å². The van der Waals surface area contributed by atoms with Gasteiger partial charge in [0.1, 0.15) is 16.7 Å². The summed E-state index contributed by atoms with van der Waals surface area (Å²) >= 11 is 6.23. The average Bonchev–Trinajstić information content (AvgIpc) is 2.41. The Bertz CT molecular complexity index is 641. The van der Waals surface area contributed by atoms with Crippen LogP contribution in [0.1, 0.15) is 45.0 Å². The molecule has 0 spiro atoms. The van der Waals surface area contributed by atoms with Gasteiger partial charge in [-0.25, -0.2) is 9.97 Å². The molecule has 0 aromatic carbocycles. The third kappa shape index (κ3) is 3.70. The molecule has 2 aromatic heterocycles. The Morgan fingerprint density at radius 2 is 1.81 bits per heavy atom. The van der Waals surface area contributed by atoms with E-state index in [9.17, 15) is 0 Å². The molecule has 0 N–H and O–H groups in total. The van der Waals surface area contributed by atoms with Crippen molar-refractivity contribution in [3.8, 4) is 17.0 Å². The SMILES string of the molecule is Cc1c(Cl)nc(C(C)C)nc1-c1cncc(OC(C)C)c1. The molecule has 0 fully saturated rings. The molecule has 112 valence electrons. The number of ether oxygens (including phenoxy) is 1. The van der Waals surface area contributed by atoms with Crippen LogP contribution >= 0.6 is 11.6 Å². The van der Waals surface area contributed by atoms with Gasteiger partial charge in [-0.05, 0) is 26.8 Å². The Morgan fingerprint density at radius 1 is 1.10 bits per heavy atom. The zero-order valence-corrected chi connectivity index (χ0v) is 13.8. The van der Waals surface area contributed by atoms with E-state index in [1.807, 2.05) is 40.7 Å². The van der Waals surface area contributed by atoms with Crippen LogP contribution in [-0.2, 0) is 0 Å². The minimum Gasteiger partial charge on any atom is -0.489 e. The summed E-state index contributed by atoms with van der Waals surface area (Å²) in [5.74, 6) is 1.67. The van der Waals surface area contributed by atoms with Crippen LogP contribution < -0.4 is 4.74 Å². The molecule has 0 saturated carbocycles. The van der Waals surface area contributed by atoms with Crippen molar-refractivity contribution in [1.29, 1.82) is 0 Å². The van der Waals surface area contributed by atoms with E-state index in [2.05, 4.69) is 15.0 Å². The Hall–Kier alpha value is -1.68. The van der Waals surface area contributed by atoms with E-state index in [1.165, 1.54) is 0 Å². The van der Waals surface area contributed by atoms with E-state index in [0.717, 1.165) is 28.4 Å². The second kappa shape index (κ2) is 6.39. The van der Waals surface area contributed by atoms with Gasteiger partial charge in [-0.3, -0.25) is 4.98 Å². The van der Waals surface area contributed by atoms with Crippen LogP contribution in [0.2, 0.25) is 5.15 Å². The number of hydrogen-bond donors (Lipinski definition) is 0. The largest absolute Gasteiger partial charge is 0.489 e. The van der Waals surface area contributed by atoms with E-state index < -0.39 is 0 Å². The van der Waals surface area contributed by atoms with Gasteiger partial charge in [0.25, 0.3) is 0 Å². The van der Waals surface area contributed by atoms with Gasteiger partial charge in [0.2, 0.25) is 0 Å². The molecule has 0 radical (unpaired) electrons. The summed E-state index contributed by atoms with van der Waals surface area (Å²) in [6.45, 7) is 9.97. The molecule has 2 heterocycles. The van der Waals surface area contributed by atoms with Crippen LogP contribution in [0.3, 0.4) is 0 Å². The van der Waals surface area contributed by atoms with Crippen LogP contribution in [-0.4, -0.2) is 21.1 Å². The highest BCUT2D eigenvalue weighted by atomic mass is 35.5. The van der Waals surface area contributed by atoms with Gasteiger partial charge >= 0.3 is 0 Å². The third-order valence-electron chi connectivity index (χ3n) is 2.98. The number of halogens is 1. The first-order valence-electron chi connectivity index (χ1n) is 7.04. The van der Waals surface area contributed by atoms with Crippen molar-refractivity contribution in [1.82, 2.24) is 15.0 Å². The number of pyridine rings is 1. The maximum Gasteiger partial charge on any atom is 0.138 e. The summed E-state index contributed by atoms with van der Waals surface area (Å²) in [5.41, 5.74) is 2.54. The number of aromatic nitrogens is 3. The quantitative estimate of drug-likeness (QED) is 0.785. The lowest BCUT2D eigenvalue weighted by Gasteiger charge is -2.13. The topological polar surface area (TPSA) is 47.9 Å². The van der Waals surface area contributed by atoms with Gasteiger partial charge in [0, 0.05) is 23.2 Å². The Labute approximate surface area is 130 Å². The fourth-order valence-electron chi connectivity index (χ4n) is 1.93. The summed E-state index contributed by atoms with van der Waals surface area (Å²) in [5, 5.41) is 0.485. The number of rotatable bonds is 4. The summed E-state index contributed by atoms with van der Waals surface area (Å²) in [6, 6.07) is 1.93. The highest BCUT2D eigenvalue weighted by Gasteiger charge is 2.14. The van der Waals surface area contributed by atoms with Crippen LogP contribution in [0, 0.1) is 6.92 Å². The Morgan fingerprint density at radius 3 is 2.43 bits per heavy atom. The average molecular weight is 306 g/mol. The van der Waals surface area contributed by atoms with Gasteiger partial charge in [-0.1, -0.05) is 25.4 Å². The molecule has 0 atom stereocenters. The van der Waals surface area contributed by atoms with E-state index >= 15 is 0 Å². The van der Waals surface area contributed by atoms with E-state index in [-0.39, 0.29) is 12.0 Å². The maximum atomic E-state index is 6.23. The Balaban J connectivity index is 2.50. The first-order valence-corrected chi connectivity index (χ1v) is 7.42. The van der Waals surface area contributed by atoms with Crippen LogP contribution in [0.5, 0.6) is 5.75 Å². The normalized spacial score (nSPS) is 11.2. The van der Waals surface area contributed by atoms with Crippen molar-refractivity contribution in [2.45, 2.75) is 46.6 Å². The van der Waals surface area contributed by atoms with Crippen molar-refractivity contribution < 1.29 is 4.74 Å². The highest BCUT2D eigenvalue weighted by Crippen LogP contribution is 2.29. The second-order valence-electron chi connectivity index (χ2n) is 5.58. The summed E-state index contributed by atoms with van der Waals surface area (Å²) in [6.07, 6.45) is 3.57. The lowest BCUT2D eigenvalue weighted by atomic mass is 10.1. The first kappa shape index (κ1) is 15.7. The molecule has 0 aliphatic rings. The second-order valence-corrected chi connectivity index (χ2v) is 5.93. The summed E-state index contributed by atoms with van der Waals surface area (Å²) in [4.78, 5) is 13.2. The molecule has 0 aliphatic heterocycles. The standard InChI is InChI=1S/C16H20ClN3O/c1-9(2)16-19-14(11(5)15(17)20-16)12-6-13(8-18-7-12)21-10(3)4/h6-10H,1-5H3. The van der Waals surface area contributed by atoms with Crippen molar-refractivity contribution >= 4 is 11.6 Å². The zero-order chi connectivity index (χ0) is 15.6.